The number of aliphatic hydroxyl groups excluding tert-OH is 2. The average Bonchev–Trinajstić information content (AvgIpc) is 1.53. The van der Waals surface area contributed by atoms with Crippen molar-refractivity contribution in [3.63, 3.8) is 0 Å². The number of hydrogen-bond donors (Lipinski definition) is 11. The van der Waals surface area contributed by atoms with Gasteiger partial charge in [-0.2, -0.15) is 0 Å². The van der Waals surface area contributed by atoms with Crippen LogP contribution >= 0.6 is 7.82 Å². The third-order valence-corrected chi connectivity index (χ3v) is 21.7. The van der Waals surface area contributed by atoms with Crippen LogP contribution in [0.25, 0.3) is 11.0 Å². The van der Waals surface area contributed by atoms with Crippen LogP contribution in [0.15, 0.2) is 67.8 Å². The minimum absolute atomic E-state index is 0.0114. The summed E-state index contributed by atoms with van der Waals surface area (Å²) in [7, 11) is -5.07. The van der Waals surface area contributed by atoms with Gasteiger partial charge in [-0.05, 0) is 108 Å². The Hall–Kier alpha value is -7.00. The quantitative estimate of drug-likeness (QED) is 0.0603. The first-order chi connectivity index (χ1) is 41.8. The Balaban J connectivity index is 1.19. The van der Waals surface area contributed by atoms with Gasteiger partial charge in [-0.15, -0.1) is 0 Å². The van der Waals surface area contributed by atoms with E-state index in [0.29, 0.717) is 56.4 Å². The number of phosphoric ester groups is 1. The molecule has 8 rings (SSSR count). The smallest absolute Gasteiger partial charge is 0.394 e. The number of nitrogens with two attached hydrogens (primary N) is 6. The van der Waals surface area contributed by atoms with Crippen molar-refractivity contribution >= 4 is 77.3 Å². The third-order valence-electron chi connectivity index (χ3n) is 20.6. The zero-order chi connectivity index (χ0) is 66.7. The monoisotopic (exact) mass is 1270 g/mol. The van der Waals surface area contributed by atoms with Crippen LogP contribution in [0.4, 0.5) is 0 Å². The molecule has 8 bridgehead atoms. The molecule has 1 aromatic carbocycles. The molecule has 0 aliphatic carbocycles. The predicted molar refractivity (Wildman–Crippen MR) is 334 cm³/mol. The van der Waals surface area contributed by atoms with E-state index in [0.717, 1.165) is 11.1 Å². The number of hydrogen-bond acceptors (Lipinski definition) is 18. The van der Waals surface area contributed by atoms with Crippen LogP contribution in [0.2, 0.25) is 0 Å². The molecular formula is C62H90N13O14P. The molecule has 15 atom stereocenters. The number of aromatic nitrogens is 2. The number of rotatable bonds is 26. The Morgan fingerprint density at radius 1 is 0.800 bits per heavy atom. The molecule has 9 unspecified atom stereocenters. The number of phosphoric acid groups is 1. The SMILES string of the molecule is CC1=C2N=C(C=C3NC(=C(C)C4=N[C@@](C)([C@@H]5N=C1[C@](C)(CCC(=O)NCC(C)OP(=O)(O)OC1C(CO)OC(n6cnc7cc(C)c(C)cc76)[C@H]1O)C5CC(N)=O)[C@@](C)(CC(N)=O)C4CCC(N)=O)[C@@](C)(CC(N)=O)C3CCC(N)=O)C(C)(C)C2CCC(N)=O. The number of nitrogens with zero attached hydrogens (tertiary/aromatic N) is 5. The van der Waals surface area contributed by atoms with Gasteiger partial charge in [0, 0.05) is 131 Å². The van der Waals surface area contributed by atoms with Crippen molar-refractivity contribution in [3.05, 3.63) is 63.9 Å². The molecule has 17 N–H and O–H groups in total. The first kappa shape index (κ1) is 68.9. The number of primary amides is 6. The van der Waals surface area contributed by atoms with Crippen LogP contribution in [0.5, 0.6) is 0 Å². The Kier molecular flexibility index (Phi) is 19.6. The van der Waals surface area contributed by atoms with Gasteiger partial charge in [-0.1, -0.05) is 34.6 Å². The summed E-state index contributed by atoms with van der Waals surface area (Å²) in [6, 6.07) is 2.70. The van der Waals surface area contributed by atoms with Gasteiger partial charge in [0.05, 0.1) is 41.7 Å². The molecule has 2 saturated heterocycles. The van der Waals surface area contributed by atoms with E-state index in [2.05, 4.69) is 15.6 Å². The number of aliphatic imine (C=N–C) groups is 3. The fraction of sp³-hybridized carbons (Fsp3) is 0.629. The summed E-state index contributed by atoms with van der Waals surface area (Å²) < 4.78 is 32.3. The van der Waals surface area contributed by atoms with Gasteiger partial charge in [0.2, 0.25) is 41.4 Å². The van der Waals surface area contributed by atoms with Crippen molar-refractivity contribution in [1.82, 2.24) is 20.2 Å². The lowest BCUT2D eigenvalue weighted by Gasteiger charge is -2.48. The van der Waals surface area contributed by atoms with Crippen LogP contribution < -0.4 is 45.0 Å². The van der Waals surface area contributed by atoms with Gasteiger partial charge in [-0.3, -0.25) is 57.6 Å². The van der Waals surface area contributed by atoms with Crippen LogP contribution in [-0.4, -0.2) is 132 Å². The standard InChI is InChI=1S/C62H90N13O14P/c1-29-20-39-40(21-30(29)2)75(28-70-39)57-52(84)53(41(27-76)87-57)89-90(85,86)88-31(3)26-69-49(83)18-19-59(8)37(22-46(66)80)56-62(11)61(10,25-48(68)82)36(14-17-45(65)79)51(74-62)33(5)55-60(9,24-47(67)81)34(12-15-43(63)77)38(71-55)23-42-58(6,7)35(13-16-44(64)78)50(72-42)32(4)54(59)73-56/h20-21,23,28,31,34-37,41,52-53,56-57,71,76,84H,12-19,22,24-27H2,1-11H3,(H2,63,77)(H2,64,78)(H2,65,79)(H2,66,80)(H2,67,81)(H2,68,82)(H,69,83)(H,85,86)/t31?,34?,35?,36?,37?,41?,52-,53?,56+,57?,59+,60-,61-,62-/m0/s1. The normalized spacial score (nSPS) is 32.0. The van der Waals surface area contributed by atoms with E-state index in [1.807, 2.05) is 87.4 Å². The molecule has 492 valence electrons. The molecule has 6 aliphatic rings. The van der Waals surface area contributed by atoms with E-state index < -0.39 is 143 Å². The molecule has 1 aromatic heterocycles. The number of imidazole rings is 1. The maximum atomic E-state index is 14.4. The summed E-state index contributed by atoms with van der Waals surface area (Å²) in [6.07, 6.45) is -4.26. The number of aliphatic hydroxyl groups is 2. The maximum absolute atomic E-state index is 14.4. The molecule has 27 nitrogen and oxygen atoms in total. The lowest BCUT2D eigenvalue weighted by atomic mass is 9.55. The number of carbonyl (C=O) groups excluding carboxylic acids is 7. The molecule has 2 fully saturated rings. The third kappa shape index (κ3) is 13.0. The van der Waals surface area contributed by atoms with Crippen LogP contribution in [-0.2, 0) is 51.9 Å². The Bertz CT molecular complexity index is 3540. The highest BCUT2D eigenvalue weighted by atomic mass is 31.2. The predicted octanol–water partition coefficient (Wildman–Crippen LogP) is 3.16. The highest BCUT2D eigenvalue weighted by molar-refractivity contribution is 7.47. The number of allylic oxidation sites excluding steroid dienone is 6. The van der Waals surface area contributed by atoms with E-state index in [1.54, 1.807) is 4.57 Å². The second kappa shape index (κ2) is 25.6. The maximum Gasteiger partial charge on any atom is 0.472 e. The summed E-state index contributed by atoms with van der Waals surface area (Å²) in [5, 5.41) is 28.2. The van der Waals surface area contributed by atoms with E-state index in [-0.39, 0.29) is 77.2 Å². The molecule has 7 amide bonds. The molecular weight excluding hydrogens is 1180 g/mol. The minimum atomic E-state index is -5.07. The van der Waals surface area contributed by atoms with Gasteiger partial charge < -0.3 is 69.4 Å². The number of benzene rings is 1. The lowest BCUT2D eigenvalue weighted by molar-refractivity contribution is -0.124. The van der Waals surface area contributed by atoms with Gasteiger partial charge in [0.15, 0.2) is 6.23 Å². The summed E-state index contributed by atoms with van der Waals surface area (Å²) >= 11 is 0. The number of ether oxygens (including phenoxy) is 1. The molecule has 6 aliphatic heterocycles. The molecule has 0 saturated carbocycles. The topological polar surface area (TPSA) is 460 Å². The van der Waals surface area contributed by atoms with E-state index in [9.17, 15) is 53.2 Å². The number of amides is 7. The van der Waals surface area contributed by atoms with Crippen molar-refractivity contribution in [2.45, 2.75) is 189 Å². The first-order valence-electron chi connectivity index (χ1n) is 30.6. The van der Waals surface area contributed by atoms with Gasteiger partial charge in [-0.25, -0.2) is 9.55 Å². The minimum Gasteiger partial charge on any atom is -0.394 e. The fourth-order valence-electron chi connectivity index (χ4n) is 15.4. The molecule has 2 aromatic rings. The zero-order valence-electron chi connectivity index (χ0n) is 53.3. The first-order valence-corrected chi connectivity index (χ1v) is 32.1. The summed E-state index contributed by atoms with van der Waals surface area (Å²) in [4.78, 5) is 126. The van der Waals surface area contributed by atoms with Crippen molar-refractivity contribution in [2.24, 2.45) is 94.7 Å². The molecule has 90 heavy (non-hydrogen) atoms. The van der Waals surface area contributed by atoms with Gasteiger partial charge in [0.1, 0.15) is 18.3 Å². The van der Waals surface area contributed by atoms with Crippen molar-refractivity contribution in [2.75, 3.05) is 13.2 Å². The van der Waals surface area contributed by atoms with Crippen LogP contribution in [0.1, 0.15) is 150 Å². The number of fused-ring (bicyclic) bond motifs is 7. The summed E-state index contributed by atoms with van der Waals surface area (Å²) in [5.41, 5.74) is 37.4. The van der Waals surface area contributed by atoms with Crippen molar-refractivity contribution in [1.29, 1.82) is 0 Å². The summed E-state index contributed by atoms with van der Waals surface area (Å²) in [5.74, 6) is -7.18. The van der Waals surface area contributed by atoms with E-state index >= 15 is 0 Å². The second-order valence-electron chi connectivity index (χ2n) is 27.1. The van der Waals surface area contributed by atoms with Crippen LogP contribution in [0, 0.1) is 59.2 Å². The number of nitrogens with one attached hydrogen (secondary N) is 2. The Morgan fingerprint density at radius 2 is 1.40 bits per heavy atom. The lowest BCUT2D eigenvalue weighted by Crippen LogP contribution is -2.56. The molecule has 28 heteroatoms. The largest absolute Gasteiger partial charge is 0.472 e. The highest BCUT2D eigenvalue weighted by Gasteiger charge is 2.66. The molecule has 0 spiro atoms. The molecule has 0 radical (unpaired) electrons. The number of carbonyl (C=O) groups is 7. The number of aryl methyl sites for hydroxylation is 2. The van der Waals surface area contributed by atoms with Gasteiger partial charge in [0.25, 0.3) is 0 Å². The van der Waals surface area contributed by atoms with Crippen LogP contribution in [0.3, 0.4) is 0 Å². The second-order valence-corrected chi connectivity index (χ2v) is 28.4. The fourth-order valence-corrected chi connectivity index (χ4v) is 16.6. The highest BCUT2D eigenvalue weighted by Crippen LogP contribution is 2.63. The van der Waals surface area contributed by atoms with E-state index in [4.69, 9.17) is 63.2 Å². The van der Waals surface area contributed by atoms with Crippen molar-refractivity contribution < 1.29 is 67.0 Å². The van der Waals surface area contributed by atoms with Gasteiger partial charge >= 0.3 is 7.82 Å². The Morgan fingerprint density at radius 3 is 1.99 bits per heavy atom. The average molecular weight is 1270 g/mol. The summed E-state index contributed by atoms with van der Waals surface area (Å²) in [6.45, 7) is 19.3. The molecule has 7 heterocycles. The van der Waals surface area contributed by atoms with E-state index in [1.165, 1.54) is 13.3 Å². The zero-order valence-corrected chi connectivity index (χ0v) is 54.1. The Labute approximate surface area is 523 Å². The van der Waals surface area contributed by atoms with Crippen molar-refractivity contribution in [3.8, 4) is 0 Å².